The smallest absolute Gasteiger partial charge is 0.270 e. The maximum atomic E-state index is 13.7. The minimum absolute atomic E-state index is 0.0908. The number of rotatable bonds is 9. The molecule has 1 aliphatic rings. The number of methoxy groups -OCH3 is 1. The summed E-state index contributed by atoms with van der Waals surface area (Å²) >= 11 is -1.37. The van der Waals surface area contributed by atoms with Crippen LogP contribution in [0, 0.1) is 11.3 Å². The lowest BCUT2D eigenvalue weighted by atomic mass is 9.93. The van der Waals surface area contributed by atoms with E-state index in [1.165, 1.54) is 0 Å². The Kier molecular flexibility index (Phi) is 9.37. The summed E-state index contributed by atoms with van der Waals surface area (Å²) in [6, 6.07) is 26.3. The average molecular weight is 609 g/mol. The van der Waals surface area contributed by atoms with Gasteiger partial charge in [0.15, 0.2) is 0 Å². The number of hydrogen-bond acceptors (Lipinski definition) is 7. The lowest BCUT2D eigenvalue weighted by molar-refractivity contribution is 0.0946. The van der Waals surface area contributed by atoms with Crippen LogP contribution in [0.4, 0.5) is 0 Å². The quantitative estimate of drug-likeness (QED) is 0.226. The van der Waals surface area contributed by atoms with Crippen molar-refractivity contribution in [1.29, 1.82) is 5.26 Å². The molecule has 44 heavy (non-hydrogen) atoms. The summed E-state index contributed by atoms with van der Waals surface area (Å²) in [5.74, 6) is 0.415. The van der Waals surface area contributed by atoms with E-state index in [2.05, 4.69) is 11.4 Å². The molecule has 8 nitrogen and oxygen atoms in total. The second kappa shape index (κ2) is 13.2. The SMILES string of the molecule is COc1ccc(CNC(=O)c2cc3c(c(-c4cccc(-c5cccc(C#N)c5)c4)n2)[C@H](CCO)N([S+]([O-])C(C)(C)C)C3)cc1. The van der Waals surface area contributed by atoms with E-state index < -0.39 is 16.1 Å². The molecule has 0 aliphatic carbocycles. The lowest BCUT2D eigenvalue weighted by Gasteiger charge is -2.33. The van der Waals surface area contributed by atoms with Gasteiger partial charge in [0.25, 0.3) is 5.91 Å². The summed E-state index contributed by atoms with van der Waals surface area (Å²) in [6.07, 6.45) is 0.371. The van der Waals surface area contributed by atoms with E-state index in [1.807, 2.05) is 91.8 Å². The topological polar surface area (TPSA) is 122 Å². The molecule has 1 amide bonds. The van der Waals surface area contributed by atoms with Crippen LogP contribution in [0.3, 0.4) is 0 Å². The van der Waals surface area contributed by atoms with Gasteiger partial charge in [-0.25, -0.2) is 4.98 Å². The first-order valence-corrected chi connectivity index (χ1v) is 15.6. The van der Waals surface area contributed by atoms with Crippen LogP contribution in [0.2, 0.25) is 0 Å². The van der Waals surface area contributed by atoms with Crippen molar-refractivity contribution >= 4 is 17.3 Å². The molecular formula is C35H36N4O4S. The Bertz CT molecular complexity index is 1690. The van der Waals surface area contributed by atoms with Crippen molar-refractivity contribution in [3.8, 4) is 34.2 Å². The van der Waals surface area contributed by atoms with Gasteiger partial charge in [-0.15, -0.1) is 4.31 Å². The highest BCUT2D eigenvalue weighted by atomic mass is 32.2. The molecule has 0 bridgehead atoms. The molecule has 0 spiro atoms. The first-order valence-electron chi connectivity index (χ1n) is 14.5. The largest absolute Gasteiger partial charge is 0.597 e. The van der Waals surface area contributed by atoms with Gasteiger partial charge < -0.3 is 19.7 Å². The molecule has 5 rings (SSSR count). The number of nitrogens with zero attached hydrogens (tertiary/aromatic N) is 3. The molecule has 9 heteroatoms. The van der Waals surface area contributed by atoms with Gasteiger partial charge in [-0.05, 0) is 85.8 Å². The predicted octanol–water partition coefficient (Wildman–Crippen LogP) is 5.93. The van der Waals surface area contributed by atoms with E-state index in [1.54, 1.807) is 19.2 Å². The summed E-state index contributed by atoms with van der Waals surface area (Å²) in [5, 5.41) is 22.5. The number of pyridine rings is 1. The molecular weight excluding hydrogens is 572 g/mol. The molecule has 2 atom stereocenters. The first kappa shape index (κ1) is 31.2. The Morgan fingerprint density at radius 3 is 2.43 bits per heavy atom. The van der Waals surface area contributed by atoms with Gasteiger partial charge in [-0.3, -0.25) is 4.79 Å². The zero-order valence-corrected chi connectivity index (χ0v) is 26.1. The zero-order valence-electron chi connectivity index (χ0n) is 25.3. The number of carbonyl (C=O) groups is 1. The van der Waals surface area contributed by atoms with Gasteiger partial charge >= 0.3 is 0 Å². The Hall–Kier alpha value is -4.20. The highest BCUT2D eigenvalue weighted by Gasteiger charge is 2.44. The predicted molar refractivity (Wildman–Crippen MR) is 172 cm³/mol. The fourth-order valence-corrected chi connectivity index (χ4v) is 6.84. The first-order chi connectivity index (χ1) is 21.1. The number of benzene rings is 3. The van der Waals surface area contributed by atoms with Gasteiger partial charge in [0, 0.05) is 35.6 Å². The second-order valence-corrected chi connectivity index (χ2v) is 13.9. The Morgan fingerprint density at radius 2 is 1.77 bits per heavy atom. The molecule has 0 saturated carbocycles. The molecule has 0 radical (unpaired) electrons. The fraction of sp³-hybridized carbons (Fsp3) is 0.286. The van der Waals surface area contributed by atoms with Crippen molar-refractivity contribution in [3.63, 3.8) is 0 Å². The maximum absolute atomic E-state index is 13.7. The summed E-state index contributed by atoms with van der Waals surface area (Å²) in [6.45, 7) is 6.37. The van der Waals surface area contributed by atoms with Crippen LogP contribution in [0.1, 0.15) is 66.0 Å². The van der Waals surface area contributed by atoms with Gasteiger partial charge in [0.2, 0.25) is 0 Å². The van der Waals surface area contributed by atoms with Crippen LogP contribution in [-0.4, -0.2) is 43.3 Å². The maximum Gasteiger partial charge on any atom is 0.270 e. The number of ether oxygens (including phenoxy) is 1. The number of aliphatic hydroxyl groups excluding tert-OH is 1. The molecule has 2 N–H and O–H groups in total. The summed E-state index contributed by atoms with van der Waals surface area (Å²) in [7, 11) is 1.61. The van der Waals surface area contributed by atoms with Crippen molar-refractivity contribution in [2.45, 2.75) is 51.1 Å². The number of fused-ring (bicyclic) bond motifs is 1. The number of nitriles is 1. The van der Waals surface area contributed by atoms with Crippen molar-refractivity contribution < 1.29 is 19.2 Å². The number of carbonyl (C=O) groups excluding carboxylic acids is 1. The van der Waals surface area contributed by atoms with Gasteiger partial charge in [0.1, 0.15) is 16.2 Å². The summed E-state index contributed by atoms with van der Waals surface area (Å²) in [5.41, 5.74) is 6.65. The van der Waals surface area contributed by atoms with Crippen molar-refractivity contribution in [1.82, 2.24) is 14.6 Å². The Balaban J connectivity index is 1.58. The van der Waals surface area contributed by atoms with Crippen LogP contribution in [0.15, 0.2) is 78.9 Å². The Morgan fingerprint density at radius 1 is 1.09 bits per heavy atom. The van der Waals surface area contributed by atoms with E-state index in [-0.39, 0.29) is 24.2 Å². The van der Waals surface area contributed by atoms with Crippen LogP contribution < -0.4 is 10.1 Å². The molecule has 0 fully saturated rings. The Labute approximate surface area is 261 Å². The van der Waals surface area contributed by atoms with Gasteiger partial charge in [-0.1, -0.05) is 42.5 Å². The van der Waals surface area contributed by atoms with Crippen molar-refractivity contribution in [3.05, 3.63) is 107 Å². The third kappa shape index (κ3) is 6.64. The zero-order chi connectivity index (χ0) is 31.4. The lowest BCUT2D eigenvalue weighted by Crippen LogP contribution is -2.42. The second-order valence-electron chi connectivity index (χ2n) is 11.7. The van der Waals surface area contributed by atoms with Crippen molar-refractivity contribution in [2.24, 2.45) is 0 Å². The molecule has 226 valence electrons. The number of nitrogens with one attached hydrogen (secondary N) is 1. The van der Waals surface area contributed by atoms with E-state index in [0.29, 0.717) is 30.8 Å². The molecule has 1 unspecified atom stereocenters. The molecule has 1 aromatic heterocycles. The summed E-state index contributed by atoms with van der Waals surface area (Å²) in [4.78, 5) is 18.4. The monoisotopic (exact) mass is 608 g/mol. The number of aromatic nitrogens is 1. The highest BCUT2D eigenvalue weighted by Crippen LogP contribution is 2.45. The third-order valence-electron chi connectivity index (χ3n) is 7.60. The van der Waals surface area contributed by atoms with Crippen LogP contribution >= 0.6 is 0 Å². The fourth-order valence-electron chi connectivity index (χ4n) is 5.44. The molecule has 3 aromatic carbocycles. The highest BCUT2D eigenvalue weighted by molar-refractivity contribution is 7.90. The molecule has 4 aromatic rings. The van der Waals surface area contributed by atoms with E-state index >= 15 is 0 Å². The molecule has 0 saturated heterocycles. The molecule has 2 heterocycles. The van der Waals surface area contributed by atoms with E-state index in [4.69, 9.17) is 9.72 Å². The van der Waals surface area contributed by atoms with Gasteiger partial charge in [0.05, 0.1) is 37.0 Å². The number of amides is 1. The van der Waals surface area contributed by atoms with Crippen LogP contribution in [0.5, 0.6) is 5.75 Å². The van der Waals surface area contributed by atoms with E-state index in [0.717, 1.165) is 39.1 Å². The minimum atomic E-state index is -1.37. The normalized spacial score (nSPS) is 15.3. The van der Waals surface area contributed by atoms with Crippen molar-refractivity contribution in [2.75, 3.05) is 13.7 Å². The van der Waals surface area contributed by atoms with Crippen LogP contribution in [-0.2, 0) is 24.5 Å². The number of aliphatic hydroxyl groups is 1. The molecule has 1 aliphatic heterocycles. The summed E-state index contributed by atoms with van der Waals surface area (Å²) < 4.78 is 20.3. The standard InChI is InChI=1S/C35H36N4O4S/c1-35(2,3)44(42)39-22-28-19-30(34(41)37-21-23-11-13-29(43-4)14-12-23)38-33(32(28)31(39)15-16-40)27-10-6-9-26(18-27)25-8-5-7-24(17-25)20-36/h5-14,17-19,31,40H,15-16,21-22H2,1-4H3,(H,37,41)/t31-,44?/m0/s1. The third-order valence-corrected chi connectivity index (χ3v) is 9.45. The number of hydrogen-bond donors (Lipinski definition) is 2. The van der Waals surface area contributed by atoms with E-state index in [9.17, 15) is 19.7 Å². The van der Waals surface area contributed by atoms with Gasteiger partial charge in [-0.2, -0.15) is 5.26 Å². The van der Waals surface area contributed by atoms with Crippen LogP contribution in [0.25, 0.3) is 22.4 Å². The minimum Gasteiger partial charge on any atom is -0.597 e. The average Bonchev–Trinajstić information content (AvgIpc) is 3.40.